The van der Waals surface area contributed by atoms with E-state index in [-0.39, 0.29) is 5.82 Å². The molecule has 104 valence electrons. The van der Waals surface area contributed by atoms with Crippen LogP contribution in [-0.2, 0) is 0 Å². The van der Waals surface area contributed by atoms with Crippen molar-refractivity contribution in [2.75, 3.05) is 11.9 Å². The molecule has 1 saturated heterocycles. The van der Waals surface area contributed by atoms with Gasteiger partial charge in [0.25, 0.3) is 0 Å². The highest BCUT2D eigenvalue weighted by molar-refractivity contribution is 5.47. The minimum atomic E-state index is -0.119. The molecule has 0 aromatic heterocycles. The molecule has 0 bridgehead atoms. The summed E-state index contributed by atoms with van der Waals surface area (Å²) in [6.07, 6.45) is 6.48. The molecule has 0 radical (unpaired) electrons. The van der Waals surface area contributed by atoms with Crippen LogP contribution in [-0.4, -0.2) is 18.6 Å². The van der Waals surface area contributed by atoms with Crippen molar-refractivity contribution < 1.29 is 4.39 Å². The summed E-state index contributed by atoms with van der Waals surface area (Å²) in [5.41, 5.74) is 1.78. The number of aryl methyl sites for hydroxylation is 1. The van der Waals surface area contributed by atoms with Gasteiger partial charge in [-0.15, -0.1) is 0 Å². The predicted octanol–water partition coefficient (Wildman–Crippen LogP) is 3.47. The lowest BCUT2D eigenvalue weighted by Crippen LogP contribution is -2.38. The van der Waals surface area contributed by atoms with Crippen molar-refractivity contribution in [1.82, 2.24) is 5.32 Å². The average molecular weight is 262 g/mol. The Morgan fingerprint density at radius 2 is 2.11 bits per heavy atom. The Bertz CT molecular complexity index is 440. The van der Waals surface area contributed by atoms with E-state index in [1.807, 2.05) is 19.1 Å². The number of hydrogen-bond donors (Lipinski definition) is 2. The largest absolute Gasteiger partial charge is 0.382 e. The Morgan fingerprint density at radius 1 is 1.21 bits per heavy atom. The number of anilines is 1. The Morgan fingerprint density at radius 3 is 2.84 bits per heavy atom. The fraction of sp³-hybridized carbons (Fsp3) is 0.625. The van der Waals surface area contributed by atoms with Crippen LogP contribution in [0.5, 0.6) is 0 Å². The maximum Gasteiger partial charge on any atom is 0.126 e. The molecule has 2 aliphatic rings. The summed E-state index contributed by atoms with van der Waals surface area (Å²) in [6.45, 7) is 2.99. The molecule has 3 atom stereocenters. The van der Waals surface area contributed by atoms with Crippen LogP contribution in [0.4, 0.5) is 10.1 Å². The Labute approximate surface area is 114 Å². The maximum atomic E-state index is 13.3. The van der Waals surface area contributed by atoms with E-state index in [9.17, 15) is 4.39 Å². The summed E-state index contributed by atoms with van der Waals surface area (Å²) >= 11 is 0. The lowest BCUT2D eigenvalue weighted by molar-refractivity contribution is 0.376. The molecule has 1 saturated carbocycles. The fourth-order valence-electron chi connectivity index (χ4n) is 3.68. The molecular formula is C16H23FN2. The van der Waals surface area contributed by atoms with Gasteiger partial charge < -0.3 is 10.6 Å². The first-order valence-corrected chi connectivity index (χ1v) is 7.50. The van der Waals surface area contributed by atoms with Gasteiger partial charge in [-0.05, 0) is 68.8 Å². The molecule has 1 heterocycles. The number of rotatable bonds is 3. The van der Waals surface area contributed by atoms with E-state index < -0.39 is 0 Å². The fourth-order valence-corrected chi connectivity index (χ4v) is 3.68. The van der Waals surface area contributed by atoms with Crippen LogP contribution in [0, 0.1) is 18.7 Å². The number of benzene rings is 1. The molecule has 19 heavy (non-hydrogen) atoms. The van der Waals surface area contributed by atoms with Crippen molar-refractivity contribution in [2.24, 2.45) is 5.92 Å². The number of halogens is 1. The van der Waals surface area contributed by atoms with E-state index in [1.54, 1.807) is 6.07 Å². The van der Waals surface area contributed by atoms with Gasteiger partial charge in [-0.3, -0.25) is 0 Å². The van der Waals surface area contributed by atoms with Crippen LogP contribution < -0.4 is 10.6 Å². The normalized spacial score (nSPS) is 30.7. The second kappa shape index (κ2) is 5.49. The molecule has 2 N–H and O–H groups in total. The summed E-state index contributed by atoms with van der Waals surface area (Å²) in [6, 6.07) is 6.57. The van der Waals surface area contributed by atoms with Crippen molar-refractivity contribution in [3.8, 4) is 0 Å². The quantitative estimate of drug-likeness (QED) is 0.871. The van der Waals surface area contributed by atoms with Gasteiger partial charge in [0.2, 0.25) is 0 Å². The van der Waals surface area contributed by atoms with Gasteiger partial charge in [0.05, 0.1) is 0 Å². The number of hydrogen-bond acceptors (Lipinski definition) is 2. The van der Waals surface area contributed by atoms with E-state index >= 15 is 0 Å². The van der Waals surface area contributed by atoms with Crippen LogP contribution in [0.3, 0.4) is 0 Å². The third-order valence-corrected chi connectivity index (χ3v) is 4.69. The van der Waals surface area contributed by atoms with Gasteiger partial charge in [0, 0.05) is 17.8 Å². The Hall–Kier alpha value is -1.09. The average Bonchev–Trinajstić information content (AvgIpc) is 3.04. The molecule has 3 rings (SSSR count). The molecule has 1 aliphatic heterocycles. The lowest BCUT2D eigenvalue weighted by atomic mass is 9.93. The number of nitrogens with one attached hydrogen (secondary N) is 2. The molecule has 2 fully saturated rings. The van der Waals surface area contributed by atoms with Gasteiger partial charge in [-0.25, -0.2) is 4.39 Å². The summed E-state index contributed by atoms with van der Waals surface area (Å²) in [7, 11) is 0. The monoisotopic (exact) mass is 262 g/mol. The first-order valence-electron chi connectivity index (χ1n) is 7.50. The summed E-state index contributed by atoms with van der Waals surface area (Å²) < 4.78 is 13.3. The van der Waals surface area contributed by atoms with Crippen LogP contribution in [0.15, 0.2) is 18.2 Å². The highest BCUT2D eigenvalue weighted by Gasteiger charge is 2.34. The summed E-state index contributed by atoms with van der Waals surface area (Å²) in [5, 5.41) is 7.26. The summed E-state index contributed by atoms with van der Waals surface area (Å²) in [4.78, 5) is 0. The van der Waals surface area contributed by atoms with E-state index in [4.69, 9.17) is 0 Å². The lowest BCUT2D eigenvalue weighted by Gasteiger charge is -2.27. The summed E-state index contributed by atoms with van der Waals surface area (Å²) in [5.74, 6) is 0.610. The zero-order valence-corrected chi connectivity index (χ0v) is 11.6. The van der Waals surface area contributed by atoms with Gasteiger partial charge >= 0.3 is 0 Å². The predicted molar refractivity (Wildman–Crippen MR) is 76.9 cm³/mol. The third kappa shape index (κ3) is 2.76. The van der Waals surface area contributed by atoms with Crippen molar-refractivity contribution >= 4 is 5.69 Å². The molecule has 3 heteroatoms. The molecule has 1 aliphatic carbocycles. The highest BCUT2D eigenvalue weighted by Crippen LogP contribution is 2.34. The Balaban J connectivity index is 1.69. The zero-order valence-electron chi connectivity index (χ0n) is 11.6. The van der Waals surface area contributed by atoms with Crippen molar-refractivity contribution in [1.29, 1.82) is 0 Å². The molecule has 0 amide bonds. The van der Waals surface area contributed by atoms with E-state index in [0.29, 0.717) is 12.1 Å². The minimum absolute atomic E-state index is 0.119. The second-order valence-corrected chi connectivity index (χ2v) is 6.01. The SMILES string of the molecule is Cc1cc(NC2CCCC2C2CCCN2)ccc1F. The van der Waals surface area contributed by atoms with Crippen LogP contribution in [0.2, 0.25) is 0 Å². The molecule has 1 aromatic rings. The van der Waals surface area contributed by atoms with Gasteiger partial charge in [-0.2, -0.15) is 0 Å². The molecule has 0 spiro atoms. The molecular weight excluding hydrogens is 239 g/mol. The molecule has 1 aromatic carbocycles. The minimum Gasteiger partial charge on any atom is -0.382 e. The third-order valence-electron chi connectivity index (χ3n) is 4.69. The first kappa shape index (κ1) is 12.9. The van der Waals surface area contributed by atoms with Crippen molar-refractivity contribution in [2.45, 2.75) is 51.1 Å². The second-order valence-electron chi connectivity index (χ2n) is 6.01. The van der Waals surface area contributed by atoms with Crippen LogP contribution >= 0.6 is 0 Å². The van der Waals surface area contributed by atoms with E-state index in [1.165, 1.54) is 38.6 Å². The standard InChI is InChI=1S/C16H23FN2/c1-11-10-12(7-8-14(11)17)19-16-5-2-4-13(16)15-6-3-9-18-15/h7-8,10,13,15-16,18-19H,2-6,9H2,1H3. The van der Waals surface area contributed by atoms with E-state index in [2.05, 4.69) is 10.6 Å². The topological polar surface area (TPSA) is 24.1 Å². The molecule has 3 unspecified atom stereocenters. The van der Waals surface area contributed by atoms with Crippen LogP contribution in [0.1, 0.15) is 37.7 Å². The first-order chi connectivity index (χ1) is 9.24. The Kier molecular flexibility index (Phi) is 3.74. The van der Waals surface area contributed by atoms with Crippen molar-refractivity contribution in [3.05, 3.63) is 29.6 Å². The van der Waals surface area contributed by atoms with Gasteiger partial charge in [-0.1, -0.05) is 6.42 Å². The zero-order chi connectivity index (χ0) is 13.2. The molecule has 2 nitrogen and oxygen atoms in total. The van der Waals surface area contributed by atoms with Crippen molar-refractivity contribution in [3.63, 3.8) is 0 Å². The maximum absolute atomic E-state index is 13.3. The smallest absolute Gasteiger partial charge is 0.126 e. The van der Waals surface area contributed by atoms with Crippen LogP contribution in [0.25, 0.3) is 0 Å². The van der Waals surface area contributed by atoms with Gasteiger partial charge in [0.15, 0.2) is 0 Å². The van der Waals surface area contributed by atoms with E-state index in [0.717, 1.165) is 17.2 Å². The van der Waals surface area contributed by atoms with Gasteiger partial charge in [0.1, 0.15) is 5.82 Å². The highest BCUT2D eigenvalue weighted by atomic mass is 19.1.